The van der Waals surface area contributed by atoms with Crippen LogP contribution in [0.15, 0.2) is 60.2 Å². The van der Waals surface area contributed by atoms with Crippen LogP contribution in [0.3, 0.4) is 0 Å². The van der Waals surface area contributed by atoms with E-state index in [9.17, 15) is 18.4 Å². The molecule has 0 bridgehead atoms. The van der Waals surface area contributed by atoms with Gasteiger partial charge >= 0.3 is 6.09 Å². The highest BCUT2D eigenvalue weighted by Gasteiger charge is 2.43. The molecule has 0 saturated heterocycles. The van der Waals surface area contributed by atoms with Gasteiger partial charge < -0.3 is 28.6 Å². The zero-order chi connectivity index (χ0) is 37.6. The third-order valence-corrected chi connectivity index (χ3v) is 9.61. The van der Waals surface area contributed by atoms with E-state index in [1.54, 1.807) is 54.8 Å². The van der Waals surface area contributed by atoms with E-state index >= 15 is 0 Å². The molecule has 2 aliphatic rings. The SMILES string of the molecule is COCOC[C@@H]1C(C(=O)N(Cc2cccc(Cl)c2Cl)C2CC2)=C(c2ccc(OCCOc3c(F)ccc(F)c3Cl)cc2)CCN1C(=O)OC(C)(C)C. The lowest BCUT2D eigenvalue weighted by molar-refractivity contribution is -0.129. The number of rotatable bonds is 14. The summed E-state index contributed by atoms with van der Waals surface area (Å²) in [7, 11) is 1.49. The molecule has 1 aliphatic carbocycles. The fraction of sp³-hybridized carbons (Fsp3) is 0.421. The Morgan fingerprint density at radius 1 is 0.923 bits per heavy atom. The van der Waals surface area contributed by atoms with Gasteiger partial charge in [0.25, 0.3) is 5.91 Å². The monoisotopic (exact) mass is 780 g/mol. The van der Waals surface area contributed by atoms with E-state index in [1.165, 1.54) is 7.11 Å². The number of hydrogen-bond acceptors (Lipinski definition) is 7. The van der Waals surface area contributed by atoms with Gasteiger partial charge in [-0.3, -0.25) is 9.69 Å². The van der Waals surface area contributed by atoms with Crippen LogP contribution in [0.5, 0.6) is 11.5 Å². The van der Waals surface area contributed by atoms with Gasteiger partial charge in [0.15, 0.2) is 11.6 Å². The fourth-order valence-corrected chi connectivity index (χ4v) is 6.45. The Bertz CT molecular complexity index is 1780. The molecule has 280 valence electrons. The number of halogens is 5. The highest BCUT2D eigenvalue weighted by molar-refractivity contribution is 6.42. The molecule has 0 radical (unpaired) electrons. The molecule has 0 unspecified atom stereocenters. The normalized spacial score (nSPS) is 16.2. The van der Waals surface area contributed by atoms with Crippen LogP contribution in [-0.2, 0) is 25.5 Å². The number of amides is 2. The van der Waals surface area contributed by atoms with Gasteiger partial charge in [0.1, 0.15) is 42.2 Å². The lowest BCUT2D eigenvalue weighted by Gasteiger charge is -2.40. The van der Waals surface area contributed by atoms with Gasteiger partial charge in [0.05, 0.1) is 22.7 Å². The number of nitrogens with zero attached hydrogens (tertiary/aromatic N) is 2. The maximum Gasteiger partial charge on any atom is 0.410 e. The number of carbonyl (C=O) groups is 2. The second-order valence-electron chi connectivity index (χ2n) is 13.4. The molecule has 52 heavy (non-hydrogen) atoms. The summed E-state index contributed by atoms with van der Waals surface area (Å²) in [6.45, 7) is 5.69. The molecule has 3 aromatic carbocycles. The molecule has 0 N–H and O–H groups in total. The lowest BCUT2D eigenvalue weighted by Crippen LogP contribution is -2.52. The molecular formula is C38H41Cl3F2N2O7. The molecule has 0 aromatic heterocycles. The van der Waals surface area contributed by atoms with E-state index in [0.29, 0.717) is 33.4 Å². The third kappa shape index (κ3) is 9.87. The summed E-state index contributed by atoms with van der Waals surface area (Å²) in [5.74, 6) is -1.74. The number of hydrogen-bond donors (Lipinski definition) is 0. The van der Waals surface area contributed by atoms with Gasteiger partial charge in [-0.05, 0) is 87.1 Å². The lowest BCUT2D eigenvalue weighted by atomic mass is 9.87. The van der Waals surface area contributed by atoms with Crippen molar-refractivity contribution in [3.63, 3.8) is 0 Å². The first-order valence-electron chi connectivity index (χ1n) is 16.8. The summed E-state index contributed by atoms with van der Waals surface area (Å²) in [5.41, 5.74) is 1.82. The van der Waals surface area contributed by atoms with Crippen LogP contribution in [0.1, 0.15) is 51.2 Å². The van der Waals surface area contributed by atoms with E-state index in [4.69, 9.17) is 58.5 Å². The number of ether oxygens (including phenoxy) is 5. The topological polar surface area (TPSA) is 86.8 Å². The van der Waals surface area contributed by atoms with Gasteiger partial charge in [0.2, 0.25) is 0 Å². The van der Waals surface area contributed by atoms with E-state index in [0.717, 1.165) is 36.1 Å². The summed E-state index contributed by atoms with van der Waals surface area (Å²) in [6, 6.07) is 13.5. The van der Waals surface area contributed by atoms with Crippen LogP contribution in [-0.4, -0.2) is 79.8 Å². The minimum Gasteiger partial charge on any atom is -0.490 e. The zero-order valence-electron chi connectivity index (χ0n) is 29.4. The average Bonchev–Trinajstić information content (AvgIpc) is 3.95. The van der Waals surface area contributed by atoms with Crippen LogP contribution < -0.4 is 9.47 Å². The van der Waals surface area contributed by atoms with Gasteiger partial charge in [-0.15, -0.1) is 0 Å². The van der Waals surface area contributed by atoms with Gasteiger partial charge in [-0.1, -0.05) is 59.1 Å². The Kier molecular flexibility index (Phi) is 13.3. The maximum atomic E-state index is 14.9. The second kappa shape index (κ2) is 17.5. The Morgan fingerprint density at radius 3 is 2.29 bits per heavy atom. The molecule has 1 heterocycles. The molecule has 1 saturated carbocycles. The highest BCUT2D eigenvalue weighted by atomic mass is 35.5. The molecular weight excluding hydrogens is 741 g/mol. The largest absolute Gasteiger partial charge is 0.490 e. The number of methoxy groups -OCH3 is 1. The van der Waals surface area contributed by atoms with Crippen LogP contribution in [0, 0.1) is 11.6 Å². The molecule has 1 fully saturated rings. The van der Waals surface area contributed by atoms with Crippen LogP contribution in [0.25, 0.3) is 5.57 Å². The van der Waals surface area contributed by atoms with Crippen molar-refractivity contribution in [1.82, 2.24) is 9.80 Å². The molecule has 0 spiro atoms. The quantitative estimate of drug-likeness (QED) is 0.0918. The van der Waals surface area contributed by atoms with Gasteiger partial charge in [-0.25, -0.2) is 13.6 Å². The minimum absolute atomic E-state index is 0.0181. The van der Waals surface area contributed by atoms with Gasteiger partial charge in [0, 0.05) is 31.8 Å². The molecule has 3 aromatic rings. The Morgan fingerprint density at radius 2 is 1.62 bits per heavy atom. The molecule has 1 aliphatic heterocycles. The number of benzene rings is 3. The van der Waals surface area contributed by atoms with E-state index in [-0.39, 0.29) is 57.4 Å². The van der Waals surface area contributed by atoms with Gasteiger partial charge in [-0.2, -0.15) is 0 Å². The Hall–Kier alpha value is -3.61. The van der Waals surface area contributed by atoms with Crippen molar-refractivity contribution in [2.45, 2.75) is 64.3 Å². The van der Waals surface area contributed by atoms with Crippen molar-refractivity contribution in [1.29, 1.82) is 0 Å². The van der Waals surface area contributed by atoms with Crippen molar-refractivity contribution in [2.24, 2.45) is 0 Å². The van der Waals surface area contributed by atoms with Crippen molar-refractivity contribution in [3.05, 3.63) is 98.0 Å². The molecule has 9 nitrogen and oxygen atoms in total. The zero-order valence-corrected chi connectivity index (χ0v) is 31.6. The van der Waals surface area contributed by atoms with Crippen molar-refractivity contribution in [3.8, 4) is 11.5 Å². The first-order valence-corrected chi connectivity index (χ1v) is 17.9. The maximum absolute atomic E-state index is 14.9. The minimum atomic E-state index is -0.805. The van der Waals surface area contributed by atoms with E-state index < -0.39 is 34.4 Å². The second-order valence-corrected chi connectivity index (χ2v) is 14.5. The summed E-state index contributed by atoms with van der Waals surface area (Å²) in [5, 5.41) is 0.323. The van der Waals surface area contributed by atoms with Crippen LogP contribution in [0.2, 0.25) is 15.1 Å². The number of carbonyl (C=O) groups excluding carboxylic acids is 2. The van der Waals surface area contributed by atoms with Crippen LogP contribution in [0.4, 0.5) is 13.6 Å². The smallest absolute Gasteiger partial charge is 0.410 e. The summed E-state index contributed by atoms with van der Waals surface area (Å²) < 4.78 is 55.8. The standard InChI is InChI=1S/C38H41Cl3F2N2O7/c1-38(2,3)52-37(47)44-17-16-27(23-8-12-26(13-9-23)50-18-19-51-35-30(43)15-14-29(42)34(35)41)32(31(44)21-49-22-48-4)36(46)45(25-10-11-25)20-24-6-5-7-28(39)33(24)40/h5-9,12-15,25,31H,10-11,16-22H2,1-4H3/t31-/m1/s1. The highest BCUT2D eigenvalue weighted by Crippen LogP contribution is 2.39. The molecule has 14 heteroatoms. The van der Waals surface area contributed by atoms with Crippen molar-refractivity contribution >= 4 is 52.4 Å². The molecule has 2 amide bonds. The Labute approximate surface area is 317 Å². The average molecular weight is 782 g/mol. The first-order chi connectivity index (χ1) is 24.8. The predicted octanol–water partition coefficient (Wildman–Crippen LogP) is 8.96. The first kappa shape index (κ1) is 39.6. The van der Waals surface area contributed by atoms with Crippen molar-refractivity contribution in [2.75, 3.05) is 40.3 Å². The fourth-order valence-electron chi connectivity index (χ4n) is 5.86. The van der Waals surface area contributed by atoms with E-state index in [2.05, 4.69) is 0 Å². The summed E-state index contributed by atoms with van der Waals surface area (Å²) in [4.78, 5) is 31.9. The van der Waals surface area contributed by atoms with E-state index in [1.807, 2.05) is 18.2 Å². The third-order valence-electron chi connectivity index (χ3n) is 8.40. The van der Waals surface area contributed by atoms with Crippen LogP contribution >= 0.6 is 34.8 Å². The summed E-state index contributed by atoms with van der Waals surface area (Å²) >= 11 is 18.8. The molecule has 5 rings (SSSR count). The van der Waals surface area contributed by atoms with Crippen molar-refractivity contribution < 1.29 is 42.1 Å². The summed E-state index contributed by atoms with van der Waals surface area (Å²) in [6.07, 6.45) is 1.43. The molecule has 1 atom stereocenters. The predicted molar refractivity (Wildman–Crippen MR) is 195 cm³/mol. The Balaban J connectivity index is 1.46.